The average Bonchev–Trinajstić information content (AvgIpc) is 4.05. The fourth-order valence-corrected chi connectivity index (χ4v) is 9.57. The molecule has 2 N–H and O–H groups in total. The van der Waals surface area contributed by atoms with E-state index < -0.39 is 46.0 Å². The van der Waals surface area contributed by atoms with E-state index in [1.165, 1.54) is 36.5 Å². The van der Waals surface area contributed by atoms with Gasteiger partial charge in [-0.2, -0.15) is 10.2 Å². The van der Waals surface area contributed by atoms with Gasteiger partial charge in [-0.05, 0) is 105 Å². The van der Waals surface area contributed by atoms with Gasteiger partial charge in [0.25, 0.3) is 10.0 Å². The fourth-order valence-electron chi connectivity index (χ4n) is 7.79. The van der Waals surface area contributed by atoms with Crippen LogP contribution >= 0.6 is 15.9 Å². The van der Waals surface area contributed by atoms with Gasteiger partial charge in [0.1, 0.15) is 23.9 Å². The quantitative estimate of drug-likeness (QED) is 0.0970. The van der Waals surface area contributed by atoms with Crippen molar-refractivity contribution in [2.75, 3.05) is 19.8 Å². The molecule has 0 saturated carbocycles. The second kappa shape index (κ2) is 18.2. The maximum atomic E-state index is 16.7. The summed E-state index contributed by atoms with van der Waals surface area (Å²) in [6.45, 7) is 3.70. The largest absolute Gasteiger partial charge is 0.454 e. The van der Waals surface area contributed by atoms with Crippen molar-refractivity contribution in [1.82, 2.24) is 23.5 Å². The molecule has 0 amide bonds. The Kier molecular flexibility index (Phi) is 12.8. The van der Waals surface area contributed by atoms with E-state index in [-0.39, 0.29) is 46.7 Å². The first kappa shape index (κ1) is 43.4. The zero-order chi connectivity index (χ0) is 43.6. The molecule has 7 aromatic rings. The SMILES string of the molecule is CC(C)(OCCC(c1cccc(Br)c1)n1nccc1-c1cc(Oc2c(F)cc3c(ccn3S(=O)(=O)c3ccccc3)c2Cc2cnn(C3CCCCO3)c2)ccc1F)C(O)CO. The Labute approximate surface area is 366 Å². The first-order valence-corrected chi connectivity index (χ1v) is 22.5. The first-order valence-electron chi connectivity index (χ1n) is 20.3. The Morgan fingerprint density at radius 2 is 1.81 bits per heavy atom. The summed E-state index contributed by atoms with van der Waals surface area (Å²) in [5.74, 6) is -1.43. The average molecular weight is 931 g/mol. The van der Waals surface area contributed by atoms with Crippen LogP contribution in [0, 0.1) is 11.6 Å². The maximum absolute atomic E-state index is 16.7. The molecule has 4 heterocycles. The van der Waals surface area contributed by atoms with Crippen LogP contribution in [0.5, 0.6) is 11.5 Å². The number of benzene rings is 4. The van der Waals surface area contributed by atoms with Crippen molar-refractivity contribution >= 4 is 36.9 Å². The third-order valence-electron chi connectivity index (χ3n) is 11.2. The Morgan fingerprint density at radius 1 is 0.984 bits per heavy atom. The van der Waals surface area contributed by atoms with Crippen LogP contribution < -0.4 is 4.74 Å². The van der Waals surface area contributed by atoms with Gasteiger partial charge >= 0.3 is 0 Å². The van der Waals surface area contributed by atoms with Crippen LogP contribution in [0.25, 0.3) is 22.2 Å². The molecule has 1 aliphatic rings. The highest BCUT2D eigenvalue weighted by Gasteiger charge is 2.30. The Bertz CT molecular complexity index is 2790. The second-order valence-electron chi connectivity index (χ2n) is 15.8. The summed E-state index contributed by atoms with van der Waals surface area (Å²) in [4.78, 5) is 0.0469. The molecule has 324 valence electrons. The van der Waals surface area contributed by atoms with Gasteiger partial charge in [-0.3, -0.25) is 4.68 Å². The molecule has 0 aliphatic carbocycles. The Hall–Kier alpha value is -5.23. The number of hydrogen-bond donors (Lipinski definition) is 2. The molecule has 1 aliphatic heterocycles. The van der Waals surface area contributed by atoms with E-state index >= 15 is 8.78 Å². The number of aliphatic hydroxyl groups excluding tert-OH is 2. The smallest absolute Gasteiger partial charge is 0.268 e. The summed E-state index contributed by atoms with van der Waals surface area (Å²) >= 11 is 3.56. The molecule has 3 atom stereocenters. The number of rotatable bonds is 16. The van der Waals surface area contributed by atoms with Crippen molar-refractivity contribution in [2.24, 2.45) is 0 Å². The van der Waals surface area contributed by atoms with E-state index in [9.17, 15) is 18.6 Å². The second-order valence-corrected chi connectivity index (χ2v) is 18.5. The van der Waals surface area contributed by atoms with E-state index in [2.05, 4.69) is 26.1 Å². The molecular weight excluding hydrogens is 885 g/mol. The summed E-state index contributed by atoms with van der Waals surface area (Å²) in [5.41, 5.74) is 1.55. The van der Waals surface area contributed by atoms with E-state index in [1.54, 1.807) is 65.9 Å². The van der Waals surface area contributed by atoms with Gasteiger partial charge < -0.3 is 24.4 Å². The molecular formula is C46H46BrF2N5O7S. The summed E-state index contributed by atoms with van der Waals surface area (Å²) in [5, 5.41) is 29.5. The molecule has 0 spiro atoms. The topological polar surface area (TPSA) is 143 Å². The van der Waals surface area contributed by atoms with E-state index in [1.807, 2.05) is 30.5 Å². The zero-order valence-corrected chi connectivity index (χ0v) is 36.5. The lowest BCUT2D eigenvalue weighted by molar-refractivity contribution is -0.117. The standard InChI is InChI=1S/C46H46BrF2N5O7S/c1-46(2,43(56)29-55)60-22-18-40(31-9-8-10-32(47)24-31)54-41(16-19-50-54)37-25-33(14-15-38(37)48)61-45-36(23-30-27-51-52(28-30)44-13-6-7-21-59-44)35-17-20-53(42(35)26-39(45)49)62(57,58)34-11-4-3-5-12-34/h3-5,8-12,14-17,19-20,24-28,40,43-44,55-56H,6-7,13,18,21-23,29H2,1-2H3. The normalized spacial score (nSPS) is 15.8. The lowest BCUT2D eigenvalue weighted by Gasteiger charge is -2.30. The number of fused-ring (bicyclic) bond motifs is 1. The lowest BCUT2D eigenvalue weighted by Crippen LogP contribution is -2.41. The molecule has 3 unspecified atom stereocenters. The molecule has 3 aromatic heterocycles. The number of ether oxygens (including phenoxy) is 3. The van der Waals surface area contributed by atoms with Crippen molar-refractivity contribution < 1.29 is 41.6 Å². The van der Waals surface area contributed by atoms with Crippen molar-refractivity contribution in [3.05, 3.63) is 149 Å². The molecule has 1 fully saturated rings. The number of hydrogen-bond acceptors (Lipinski definition) is 9. The predicted molar refractivity (Wildman–Crippen MR) is 233 cm³/mol. The highest BCUT2D eigenvalue weighted by molar-refractivity contribution is 9.10. The van der Waals surface area contributed by atoms with Gasteiger partial charge in [0.05, 0.1) is 40.6 Å². The minimum atomic E-state index is -4.10. The molecule has 62 heavy (non-hydrogen) atoms. The van der Waals surface area contributed by atoms with Crippen LogP contribution in [-0.4, -0.2) is 73.7 Å². The molecule has 12 nitrogen and oxygen atoms in total. The highest BCUT2D eigenvalue weighted by Crippen LogP contribution is 2.40. The fraction of sp³-hybridized carbons (Fsp3) is 0.304. The number of halogens is 3. The minimum Gasteiger partial charge on any atom is -0.454 e. The lowest BCUT2D eigenvalue weighted by atomic mass is 10.0. The summed E-state index contributed by atoms with van der Waals surface area (Å²) in [6.07, 6.45) is 8.40. The molecule has 0 bridgehead atoms. The van der Waals surface area contributed by atoms with E-state index in [0.717, 1.165) is 44.9 Å². The Balaban J connectivity index is 1.17. The summed E-state index contributed by atoms with van der Waals surface area (Å²) in [6, 6.07) is 23.7. The van der Waals surface area contributed by atoms with Crippen LogP contribution in [-0.2, 0) is 25.9 Å². The predicted octanol–water partition coefficient (Wildman–Crippen LogP) is 9.19. The zero-order valence-electron chi connectivity index (χ0n) is 34.1. The van der Waals surface area contributed by atoms with Gasteiger partial charge in [0.15, 0.2) is 11.6 Å². The van der Waals surface area contributed by atoms with Gasteiger partial charge in [-0.1, -0.05) is 46.3 Å². The third-order valence-corrected chi connectivity index (χ3v) is 13.4. The third kappa shape index (κ3) is 8.98. The van der Waals surface area contributed by atoms with Crippen molar-refractivity contribution in [3.63, 3.8) is 0 Å². The summed E-state index contributed by atoms with van der Waals surface area (Å²) in [7, 11) is -4.10. The van der Waals surface area contributed by atoms with Crippen LogP contribution in [0.1, 0.15) is 68.5 Å². The van der Waals surface area contributed by atoms with Crippen LogP contribution in [0.3, 0.4) is 0 Å². The van der Waals surface area contributed by atoms with Crippen molar-refractivity contribution in [1.29, 1.82) is 0 Å². The highest BCUT2D eigenvalue weighted by atomic mass is 79.9. The van der Waals surface area contributed by atoms with Gasteiger partial charge in [0, 0.05) is 65.3 Å². The number of aromatic nitrogens is 5. The Morgan fingerprint density at radius 3 is 2.56 bits per heavy atom. The van der Waals surface area contributed by atoms with Crippen LogP contribution in [0.2, 0.25) is 0 Å². The monoisotopic (exact) mass is 929 g/mol. The van der Waals surface area contributed by atoms with Gasteiger partial charge in [-0.15, -0.1) is 0 Å². The number of nitrogens with zero attached hydrogens (tertiary/aromatic N) is 5. The molecule has 1 saturated heterocycles. The van der Waals surface area contributed by atoms with E-state index in [4.69, 9.17) is 14.2 Å². The molecule has 8 rings (SSSR count). The molecule has 16 heteroatoms. The minimum absolute atomic E-state index is 0.0469. The van der Waals surface area contributed by atoms with Crippen LogP contribution in [0.4, 0.5) is 8.78 Å². The molecule has 4 aromatic carbocycles. The summed E-state index contributed by atoms with van der Waals surface area (Å²) < 4.78 is 84.2. The van der Waals surface area contributed by atoms with Crippen molar-refractivity contribution in [2.45, 2.75) is 74.8 Å². The van der Waals surface area contributed by atoms with Crippen LogP contribution in [0.15, 0.2) is 125 Å². The number of aliphatic hydroxyl groups is 2. The maximum Gasteiger partial charge on any atom is 0.268 e. The first-order chi connectivity index (χ1) is 29.8. The van der Waals surface area contributed by atoms with Crippen molar-refractivity contribution in [3.8, 4) is 22.8 Å². The van der Waals surface area contributed by atoms with Gasteiger partial charge in [0.2, 0.25) is 0 Å². The van der Waals surface area contributed by atoms with Gasteiger partial charge in [-0.25, -0.2) is 25.9 Å². The van der Waals surface area contributed by atoms with E-state index in [0.29, 0.717) is 29.7 Å². The molecule has 0 radical (unpaired) electrons.